The average molecular weight is 561 g/mol. The van der Waals surface area contributed by atoms with Crippen LogP contribution in [-0.4, -0.2) is 41.3 Å². The molecule has 2 aliphatic heterocycles. The molecular formula is C36H52N2O3. The van der Waals surface area contributed by atoms with Gasteiger partial charge in [-0.3, -0.25) is 0 Å². The second-order valence-electron chi connectivity index (χ2n) is 15.5. The molecule has 2 heterocycles. The highest BCUT2D eigenvalue weighted by molar-refractivity contribution is 5.68. The van der Waals surface area contributed by atoms with Gasteiger partial charge in [-0.2, -0.15) is 0 Å². The van der Waals surface area contributed by atoms with Crippen molar-refractivity contribution in [3.63, 3.8) is 0 Å². The zero-order valence-electron chi connectivity index (χ0n) is 25.8. The molecule has 6 aliphatic rings. The highest BCUT2D eigenvalue weighted by Gasteiger charge is 2.60. The minimum absolute atomic E-state index is 0.0961. The number of hydrogen-bond donors (Lipinski definition) is 1. The fraction of sp³-hybridized carbons (Fsp3) is 0.750. The van der Waals surface area contributed by atoms with Crippen molar-refractivity contribution in [1.29, 1.82) is 0 Å². The lowest BCUT2D eigenvalue weighted by Crippen LogP contribution is -2.54. The van der Waals surface area contributed by atoms with Gasteiger partial charge in [-0.1, -0.05) is 62.2 Å². The van der Waals surface area contributed by atoms with E-state index in [0.717, 1.165) is 55.0 Å². The van der Waals surface area contributed by atoms with Crippen LogP contribution in [0.3, 0.4) is 0 Å². The van der Waals surface area contributed by atoms with E-state index in [9.17, 15) is 4.79 Å². The number of piperidine rings is 1. The van der Waals surface area contributed by atoms with Crippen molar-refractivity contribution in [3.05, 3.63) is 47.0 Å². The second kappa shape index (κ2) is 10.4. The maximum Gasteiger partial charge on any atom is 0.410 e. The molecule has 4 aliphatic carbocycles. The maximum absolute atomic E-state index is 13.5. The molecule has 3 saturated carbocycles. The number of amides is 1. The lowest BCUT2D eigenvalue weighted by atomic mass is 9.52. The minimum atomic E-state index is -0.177. The van der Waals surface area contributed by atoms with E-state index in [0.29, 0.717) is 29.9 Å². The number of ether oxygens (including phenoxy) is 2. The summed E-state index contributed by atoms with van der Waals surface area (Å²) in [5.41, 5.74) is 11.2. The topological polar surface area (TPSA) is 64.8 Å². The Morgan fingerprint density at radius 3 is 2.71 bits per heavy atom. The first-order valence-corrected chi connectivity index (χ1v) is 16.8. The third kappa shape index (κ3) is 4.60. The summed E-state index contributed by atoms with van der Waals surface area (Å²) in [6.07, 6.45) is 12.2. The number of fused-ring (bicyclic) bond motifs is 6. The fourth-order valence-corrected chi connectivity index (χ4v) is 11.1. The molecule has 11 atom stereocenters. The normalized spacial score (nSPS) is 45.5. The smallest absolute Gasteiger partial charge is 0.410 e. The van der Waals surface area contributed by atoms with Crippen LogP contribution in [0.2, 0.25) is 0 Å². The first-order valence-electron chi connectivity index (χ1n) is 16.8. The molecule has 2 saturated heterocycles. The fourth-order valence-electron chi connectivity index (χ4n) is 11.1. The zero-order chi connectivity index (χ0) is 28.5. The van der Waals surface area contributed by atoms with Crippen molar-refractivity contribution in [1.82, 2.24) is 4.90 Å². The van der Waals surface area contributed by atoms with Gasteiger partial charge in [0.05, 0.1) is 17.7 Å². The highest BCUT2D eigenvalue weighted by Crippen LogP contribution is 2.65. The van der Waals surface area contributed by atoms with Crippen molar-refractivity contribution in [2.24, 2.45) is 46.7 Å². The van der Waals surface area contributed by atoms with E-state index in [-0.39, 0.29) is 23.8 Å². The summed E-state index contributed by atoms with van der Waals surface area (Å²) in [6.45, 7) is 10.8. The van der Waals surface area contributed by atoms with Gasteiger partial charge in [0.25, 0.3) is 0 Å². The van der Waals surface area contributed by atoms with E-state index >= 15 is 0 Å². The molecule has 0 radical (unpaired) electrons. The van der Waals surface area contributed by atoms with Gasteiger partial charge < -0.3 is 20.1 Å². The van der Waals surface area contributed by atoms with Crippen LogP contribution in [0, 0.1) is 40.9 Å². The summed E-state index contributed by atoms with van der Waals surface area (Å²) in [4.78, 5) is 15.6. The second-order valence-corrected chi connectivity index (χ2v) is 15.5. The van der Waals surface area contributed by atoms with Gasteiger partial charge >= 0.3 is 6.09 Å². The van der Waals surface area contributed by atoms with Gasteiger partial charge in [-0.15, -0.1) is 0 Å². The molecule has 5 heteroatoms. The van der Waals surface area contributed by atoms with E-state index < -0.39 is 0 Å². The van der Waals surface area contributed by atoms with Gasteiger partial charge in [-0.05, 0) is 112 Å². The van der Waals surface area contributed by atoms with Gasteiger partial charge in [0.15, 0.2) is 0 Å². The Bertz CT molecular complexity index is 1180. The Morgan fingerprint density at radius 2 is 1.90 bits per heavy atom. The van der Waals surface area contributed by atoms with E-state index in [1.54, 1.807) is 11.1 Å². The van der Waals surface area contributed by atoms with Crippen LogP contribution in [0.15, 0.2) is 41.5 Å². The Labute approximate surface area is 247 Å². The molecule has 41 heavy (non-hydrogen) atoms. The van der Waals surface area contributed by atoms with Gasteiger partial charge in [0, 0.05) is 18.5 Å². The number of benzene rings is 1. The average Bonchev–Trinajstić information content (AvgIpc) is 3.42. The maximum atomic E-state index is 13.5. The van der Waals surface area contributed by atoms with Crippen LogP contribution in [0.4, 0.5) is 4.79 Å². The first-order chi connectivity index (χ1) is 19.7. The molecule has 0 aromatic heterocycles. The lowest BCUT2D eigenvalue weighted by molar-refractivity contribution is -0.0802. The molecule has 1 spiro atoms. The number of carbonyl (C=O) groups excluding carboxylic acids is 1. The van der Waals surface area contributed by atoms with Crippen LogP contribution in [0.25, 0.3) is 0 Å². The summed E-state index contributed by atoms with van der Waals surface area (Å²) in [7, 11) is 0. The number of rotatable bonds is 2. The van der Waals surface area contributed by atoms with Crippen LogP contribution >= 0.6 is 0 Å². The Hall–Kier alpha value is -1.85. The number of carbonyl (C=O) groups is 1. The van der Waals surface area contributed by atoms with E-state index in [2.05, 4.69) is 27.7 Å². The first kappa shape index (κ1) is 28.0. The molecule has 5 nitrogen and oxygen atoms in total. The predicted molar refractivity (Wildman–Crippen MR) is 162 cm³/mol. The number of nitrogens with two attached hydrogens (primary N) is 1. The monoisotopic (exact) mass is 560 g/mol. The predicted octanol–water partition coefficient (Wildman–Crippen LogP) is 7.49. The Morgan fingerprint density at radius 1 is 1.10 bits per heavy atom. The number of nitrogens with zero attached hydrogens (tertiary/aromatic N) is 1. The Kier molecular flexibility index (Phi) is 7.09. The standard InChI is InChI=1S/C36H52N2O3/c1-22-16-32-33(38(20-22)34(39)40-21-25-8-6-5-7-9-25)24(3)36(41-32)15-13-28-29-11-10-26-17-27(37)12-14-35(26,4)31(29)18-30(28)23(2)19-36/h5-9,22,24,26-29,31-33H,10-21,37H2,1-4H3/t22-,24+,26+,27-,28-,29-,31-,32+,33-,35-,36-/m0/s1. The van der Waals surface area contributed by atoms with Crippen molar-refractivity contribution in [2.45, 2.75) is 122 Å². The van der Waals surface area contributed by atoms with Gasteiger partial charge in [0.1, 0.15) is 6.61 Å². The quantitative estimate of drug-likeness (QED) is 0.381. The Balaban J connectivity index is 1.11. The summed E-state index contributed by atoms with van der Waals surface area (Å²) in [5.74, 6) is 3.90. The summed E-state index contributed by atoms with van der Waals surface area (Å²) >= 11 is 0. The summed E-state index contributed by atoms with van der Waals surface area (Å²) < 4.78 is 13.1. The highest BCUT2D eigenvalue weighted by atomic mass is 16.6. The lowest BCUT2D eigenvalue weighted by Gasteiger charge is -2.54. The zero-order valence-corrected chi connectivity index (χ0v) is 25.8. The molecule has 2 N–H and O–H groups in total. The van der Waals surface area contributed by atoms with E-state index in [1.807, 2.05) is 35.2 Å². The molecule has 224 valence electrons. The van der Waals surface area contributed by atoms with Gasteiger partial charge in [-0.25, -0.2) is 4.79 Å². The third-order valence-electron chi connectivity index (χ3n) is 13.2. The molecule has 0 unspecified atom stereocenters. The molecule has 5 fully saturated rings. The van der Waals surface area contributed by atoms with Crippen molar-refractivity contribution >= 4 is 6.09 Å². The summed E-state index contributed by atoms with van der Waals surface area (Å²) in [6, 6.07) is 10.5. The number of hydrogen-bond acceptors (Lipinski definition) is 4. The van der Waals surface area contributed by atoms with Crippen molar-refractivity contribution in [2.75, 3.05) is 6.54 Å². The third-order valence-corrected chi connectivity index (χ3v) is 13.2. The van der Waals surface area contributed by atoms with Crippen LogP contribution in [-0.2, 0) is 16.1 Å². The van der Waals surface area contributed by atoms with Crippen LogP contribution < -0.4 is 5.73 Å². The van der Waals surface area contributed by atoms with Crippen LogP contribution in [0.1, 0.15) is 97.5 Å². The van der Waals surface area contributed by atoms with E-state index in [1.165, 1.54) is 44.9 Å². The summed E-state index contributed by atoms with van der Waals surface area (Å²) in [5, 5.41) is 0. The SMILES string of the molecule is CC1=C2C[C@H]3[C@@H](CC[C@@H]4C[C@@H](N)CC[C@@]43C)[C@@H]2CC[C@@]2(C1)O[C@@H]1C[C@H](C)CN(C(=O)OCc3ccccc3)[C@H]1[C@H]2C. The number of allylic oxidation sites excluding steroid dienone is 1. The van der Waals surface area contributed by atoms with Crippen LogP contribution in [0.5, 0.6) is 0 Å². The molecule has 1 amide bonds. The van der Waals surface area contributed by atoms with E-state index in [4.69, 9.17) is 15.2 Å². The van der Waals surface area contributed by atoms with Gasteiger partial charge in [0.2, 0.25) is 0 Å². The largest absolute Gasteiger partial charge is 0.445 e. The van der Waals surface area contributed by atoms with Crippen molar-refractivity contribution in [3.8, 4) is 0 Å². The minimum Gasteiger partial charge on any atom is -0.445 e. The molecule has 7 rings (SSSR count). The molecule has 1 aromatic carbocycles. The molecular weight excluding hydrogens is 508 g/mol. The number of likely N-dealkylation sites (tertiary alicyclic amines) is 1. The molecule has 1 aromatic rings. The molecule has 0 bridgehead atoms. The van der Waals surface area contributed by atoms with Crippen molar-refractivity contribution < 1.29 is 14.3 Å².